The molecule has 0 bridgehead atoms. The third kappa shape index (κ3) is 10.9. The minimum Gasteiger partial charge on any atom is -0.481 e. The molecule has 3 amide bonds. The third-order valence-corrected chi connectivity index (χ3v) is 3.88. The van der Waals surface area contributed by atoms with E-state index in [1.54, 1.807) is 13.8 Å². The lowest BCUT2D eigenvalue weighted by Gasteiger charge is -2.25. The molecule has 0 aromatic heterocycles. The number of hydrogen-bond donors (Lipinski definition) is 8. The maximum Gasteiger partial charge on any atom is 0.326 e. The van der Waals surface area contributed by atoms with Crippen molar-refractivity contribution in [2.45, 2.75) is 57.3 Å². The SMILES string of the molecule is CC(C)CC(NC(=O)C(CO)NC(=O)C(N)CC(=O)O)C(=O)NC(CC(=O)O)C(=O)O. The molecule has 4 unspecified atom stereocenters. The van der Waals surface area contributed by atoms with E-state index in [1.165, 1.54) is 0 Å². The lowest BCUT2D eigenvalue weighted by molar-refractivity contribution is -0.147. The maximum atomic E-state index is 12.5. The van der Waals surface area contributed by atoms with Crippen LogP contribution in [0.15, 0.2) is 0 Å². The Morgan fingerprint density at radius 2 is 1.19 bits per heavy atom. The molecule has 0 rings (SSSR count). The molecule has 176 valence electrons. The Morgan fingerprint density at radius 3 is 1.61 bits per heavy atom. The van der Waals surface area contributed by atoms with E-state index >= 15 is 0 Å². The van der Waals surface area contributed by atoms with Crippen molar-refractivity contribution in [3.05, 3.63) is 0 Å². The standard InChI is InChI=1S/C17H28N4O10/c1-7(2)3-9(15(28)20-10(17(30)31)5-13(25)26)19-16(29)11(6-22)21-14(27)8(18)4-12(23)24/h7-11,22H,3-6,18H2,1-2H3,(H,19,29)(H,20,28)(H,21,27)(H,23,24)(H,25,26)(H,30,31). The topological polar surface area (TPSA) is 245 Å². The van der Waals surface area contributed by atoms with Gasteiger partial charge in [0.2, 0.25) is 17.7 Å². The highest BCUT2D eigenvalue weighted by atomic mass is 16.4. The van der Waals surface area contributed by atoms with Crippen LogP contribution in [0.1, 0.15) is 33.1 Å². The van der Waals surface area contributed by atoms with Crippen LogP contribution in [0.2, 0.25) is 0 Å². The van der Waals surface area contributed by atoms with Gasteiger partial charge in [-0.1, -0.05) is 13.8 Å². The summed E-state index contributed by atoms with van der Waals surface area (Å²) in [5.74, 6) is -7.56. The second kappa shape index (κ2) is 13.1. The number of nitrogens with two attached hydrogens (primary N) is 1. The molecule has 0 saturated heterocycles. The van der Waals surface area contributed by atoms with Gasteiger partial charge in [-0.15, -0.1) is 0 Å². The molecule has 9 N–H and O–H groups in total. The fourth-order valence-electron chi connectivity index (χ4n) is 2.38. The molecule has 0 spiro atoms. The van der Waals surface area contributed by atoms with E-state index in [0.29, 0.717) is 0 Å². The molecule has 14 heteroatoms. The quantitative estimate of drug-likeness (QED) is 0.132. The number of carbonyl (C=O) groups excluding carboxylic acids is 3. The highest BCUT2D eigenvalue weighted by Gasteiger charge is 2.31. The second-order valence-electron chi connectivity index (χ2n) is 7.14. The van der Waals surface area contributed by atoms with Gasteiger partial charge in [0, 0.05) is 0 Å². The van der Waals surface area contributed by atoms with Crippen LogP contribution in [0.4, 0.5) is 0 Å². The third-order valence-electron chi connectivity index (χ3n) is 3.88. The molecule has 31 heavy (non-hydrogen) atoms. The summed E-state index contributed by atoms with van der Waals surface area (Å²) in [6.45, 7) is 2.51. The molecule has 0 fully saturated rings. The Balaban J connectivity index is 5.29. The van der Waals surface area contributed by atoms with E-state index in [0.717, 1.165) is 0 Å². The number of amides is 3. The summed E-state index contributed by atoms with van der Waals surface area (Å²) in [4.78, 5) is 69.3. The van der Waals surface area contributed by atoms with Crippen LogP contribution in [-0.4, -0.2) is 86.8 Å². The van der Waals surface area contributed by atoms with Crippen molar-refractivity contribution in [1.82, 2.24) is 16.0 Å². The molecule has 0 aromatic carbocycles. The van der Waals surface area contributed by atoms with Crippen LogP contribution in [-0.2, 0) is 28.8 Å². The Labute approximate surface area is 177 Å². The molecule has 0 aliphatic heterocycles. The largest absolute Gasteiger partial charge is 0.481 e. The zero-order valence-corrected chi connectivity index (χ0v) is 17.0. The predicted molar refractivity (Wildman–Crippen MR) is 102 cm³/mol. The first-order valence-corrected chi connectivity index (χ1v) is 9.22. The highest BCUT2D eigenvalue weighted by Crippen LogP contribution is 2.07. The van der Waals surface area contributed by atoms with Gasteiger partial charge in [-0.25, -0.2) is 4.79 Å². The van der Waals surface area contributed by atoms with Crippen LogP contribution in [0.25, 0.3) is 0 Å². The molecular formula is C17H28N4O10. The summed E-state index contributed by atoms with van der Waals surface area (Å²) < 4.78 is 0. The van der Waals surface area contributed by atoms with Gasteiger partial charge < -0.3 is 42.1 Å². The van der Waals surface area contributed by atoms with Crippen molar-refractivity contribution in [3.8, 4) is 0 Å². The van der Waals surface area contributed by atoms with Crippen LogP contribution >= 0.6 is 0 Å². The zero-order chi connectivity index (χ0) is 24.3. The number of aliphatic hydroxyl groups excluding tert-OH is 1. The van der Waals surface area contributed by atoms with Crippen LogP contribution in [0.3, 0.4) is 0 Å². The average Bonchev–Trinajstić information content (AvgIpc) is 2.62. The number of carboxylic acid groups (broad SMARTS) is 3. The smallest absolute Gasteiger partial charge is 0.326 e. The fourth-order valence-corrected chi connectivity index (χ4v) is 2.38. The van der Waals surface area contributed by atoms with Gasteiger partial charge >= 0.3 is 17.9 Å². The lowest BCUT2D eigenvalue weighted by Crippen LogP contribution is -2.58. The molecule has 4 atom stereocenters. The Morgan fingerprint density at radius 1 is 0.742 bits per heavy atom. The minimum absolute atomic E-state index is 0.0294. The van der Waals surface area contributed by atoms with Crippen LogP contribution in [0.5, 0.6) is 0 Å². The van der Waals surface area contributed by atoms with Gasteiger partial charge in [0.25, 0.3) is 0 Å². The van der Waals surface area contributed by atoms with Crippen molar-refractivity contribution >= 4 is 35.6 Å². The molecule has 0 radical (unpaired) electrons. The van der Waals surface area contributed by atoms with Gasteiger partial charge in [0.05, 0.1) is 25.5 Å². The van der Waals surface area contributed by atoms with E-state index in [-0.39, 0.29) is 12.3 Å². The summed E-state index contributed by atoms with van der Waals surface area (Å²) in [5, 5.41) is 42.2. The van der Waals surface area contributed by atoms with Gasteiger partial charge in [-0.05, 0) is 12.3 Å². The second-order valence-corrected chi connectivity index (χ2v) is 7.14. The first kappa shape index (κ1) is 27.7. The van der Waals surface area contributed by atoms with Gasteiger partial charge in [0.1, 0.15) is 18.1 Å². The van der Waals surface area contributed by atoms with E-state index in [1.807, 2.05) is 5.32 Å². The summed E-state index contributed by atoms with van der Waals surface area (Å²) in [6, 6.07) is -6.09. The number of aliphatic hydroxyl groups is 1. The monoisotopic (exact) mass is 448 g/mol. The molecule has 0 aliphatic rings. The summed E-state index contributed by atoms with van der Waals surface area (Å²) in [5.41, 5.74) is 5.39. The fraction of sp³-hybridized carbons (Fsp3) is 0.647. The number of aliphatic carboxylic acids is 3. The lowest BCUT2D eigenvalue weighted by atomic mass is 10.0. The van der Waals surface area contributed by atoms with E-state index in [9.17, 15) is 33.9 Å². The number of hydrogen-bond acceptors (Lipinski definition) is 8. The molecule has 0 saturated carbocycles. The maximum absolute atomic E-state index is 12.5. The molecule has 0 aromatic rings. The normalized spacial score (nSPS) is 14.6. The summed E-state index contributed by atoms with van der Waals surface area (Å²) in [7, 11) is 0. The zero-order valence-electron chi connectivity index (χ0n) is 17.0. The molecular weight excluding hydrogens is 420 g/mol. The van der Waals surface area contributed by atoms with Gasteiger partial charge in [-0.3, -0.25) is 24.0 Å². The number of rotatable bonds is 14. The first-order chi connectivity index (χ1) is 14.3. The van der Waals surface area contributed by atoms with Crippen molar-refractivity contribution < 1.29 is 49.2 Å². The van der Waals surface area contributed by atoms with Crippen LogP contribution < -0.4 is 21.7 Å². The van der Waals surface area contributed by atoms with Gasteiger partial charge in [-0.2, -0.15) is 0 Å². The number of carboxylic acids is 3. The van der Waals surface area contributed by atoms with Crippen LogP contribution in [0, 0.1) is 5.92 Å². The Kier molecular flexibility index (Phi) is 11.7. The Hall–Kier alpha value is -3.26. The highest BCUT2D eigenvalue weighted by molar-refractivity contribution is 5.95. The number of nitrogens with one attached hydrogen (secondary N) is 3. The first-order valence-electron chi connectivity index (χ1n) is 9.22. The summed E-state index contributed by atoms with van der Waals surface area (Å²) in [6.07, 6.45) is -1.58. The molecule has 0 heterocycles. The minimum atomic E-state index is -1.74. The Bertz CT molecular complexity index is 696. The van der Waals surface area contributed by atoms with Crippen molar-refractivity contribution in [1.29, 1.82) is 0 Å². The summed E-state index contributed by atoms with van der Waals surface area (Å²) >= 11 is 0. The van der Waals surface area contributed by atoms with E-state index < -0.39 is 79.2 Å². The van der Waals surface area contributed by atoms with E-state index in [4.69, 9.17) is 21.1 Å². The predicted octanol–water partition coefficient (Wildman–Crippen LogP) is -3.16. The van der Waals surface area contributed by atoms with Crippen molar-refractivity contribution in [2.24, 2.45) is 11.7 Å². The van der Waals surface area contributed by atoms with Gasteiger partial charge in [0.15, 0.2) is 0 Å². The molecule has 14 nitrogen and oxygen atoms in total. The molecule has 0 aliphatic carbocycles. The number of carbonyl (C=O) groups is 6. The van der Waals surface area contributed by atoms with E-state index in [2.05, 4.69) is 10.6 Å². The average molecular weight is 448 g/mol. The van der Waals surface area contributed by atoms with Crippen molar-refractivity contribution in [3.63, 3.8) is 0 Å². The van der Waals surface area contributed by atoms with Crippen molar-refractivity contribution in [2.75, 3.05) is 6.61 Å².